The van der Waals surface area contributed by atoms with Crippen LogP contribution in [0.1, 0.15) is 46.5 Å². The summed E-state index contributed by atoms with van der Waals surface area (Å²) in [7, 11) is 0. The lowest BCUT2D eigenvalue weighted by atomic mass is 9.92. The highest BCUT2D eigenvalue weighted by atomic mass is 14.1. The van der Waals surface area contributed by atoms with Gasteiger partial charge in [0.15, 0.2) is 0 Å². The van der Waals surface area contributed by atoms with Gasteiger partial charge in [-0.15, -0.1) is 0 Å². The Hall–Kier alpha value is 0. The SMILES string of the molecule is [CH2]C(CCCCC)C(C)C. The molecule has 0 saturated heterocycles. The van der Waals surface area contributed by atoms with E-state index in [1.165, 1.54) is 25.7 Å². The van der Waals surface area contributed by atoms with E-state index < -0.39 is 0 Å². The Bertz CT molecular complexity index is 64.4. The van der Waals surface area contributed by atoms with Crippen molar-refractivity contribution in [3.63, 3.8) is 0 Å². The number of hydrogen-bond acceptors (Lipinski definition) is 0. The van der Waals surface area contributed by atoms with Crippen molar-refractivity contribution in [1.82, 2.24) is 0 Å². The van der Waals surface area contributed by atoms with E-state index in [2.05, 4.69) is 27.7 Å². The third-order valence-electron chi connectivity index (χ3n) is 2.12. The lowest BCUT2D eigenvalue weighted by molar-refractivity contribution is 0.415. The average molecular weight is 141 g/mol. The molecule has 0 amide bonds. The Balaban J connectivity index is 3.13. The quantitative estimate of drug-likeness (QED) is 0.512. The van der Waals surface area contributed by atoms with Crippen molar-refractivity contribution >= 4 is 0 Å². The molecular weight excluding hydrogens is 120 g/mol. The zero-order chi connectivity index (χ0) is 7.98. The summed E-state index contributed by atoms with van der Waals surface area (Å²) in [6, 6.07) is 0. The van der Waals surface area contributed by atoms with Crippen LogP contribution in [0.4, 0.5) is 0 Å². The summed E-state index contributed by atoms with van der Waals surface area (Å²) in [5.41, 5.74) is 0. The predicted octanol–water partition coefficient (Wildman–Crippen LogP) is 3.67. The van der Waals surface area contributed by atoms with Gasteiger partial charge in [0.25, 0.3) is 0 Å². The van der Waals surface area contributed by atoms with E-state index in [1.54, 1.807) is 0 Å². The number of unbranched alkanes of at least 4 members (excludes halogenated alkanes) is 2. The Morgan fingerprint density at radius 1 is 1.20 bits per heavy atom. The molecule has 0 aliphatic carbocycles. The first-order valence-electron chi connectivity index (χ1n) is 4.51. The molecule has 61 valence electrons. The lowest BCUT2D eigenvalue weighted by Gasteiger charge is -2.13. The molecule has 0 aliphatic heterocycles. The van der Waals surface area contributed by atoms with Gasteiger partial charge in [-0.2, -0.15) is 0 Å². The fourth-order valence-electron chi connectivity index (χ4n) is 0.990. The minimum absolute atomic E-state index is 0.673. The Labute approximate surface area is 66.0 Å². The zero-order valence-corrected chi connectivity index (χ0v) is 7.69. The molecule has 0 fully saturated rings. The lowest BCUT2D eigenvalue weighted by Crippen LogP contribution is -2.03. The van der Waals surface area contributed by atoms with Crippen molar-refractivity contribution in [2.45, 2.75) is 46.5 Å². The van der Waals surface area contributed by atoms with Gasteiger partial charge in [0.05, 0.1) is 0 Å². The molecule has 0 aromatic rings. The van der Waals surface area contributed by atoms with Crippen molar-refractivity contribution in [1.29, 1.82) is 0 Å². The van der Waals surface area contributed by atoms with Gasteiger partial charge >= 0.3 is 0 Å². The molecule has 0 nitrogen and oxygen atoms in total. The summed E-state index contributed by atoms with van der Waals surface area (Å²) >= 11 is 0. The smallest absolute Gasteiger partial charge is 0.0391 e. The topological polar surface area (TPSA) is 0 Å². The highest BCUT2D eigenvalue weighted by molar-refractivity contribution is 4.64. The molecule has 0 bridgehead atoms. The van der Waals surface area contributed by atoms with Crippen molar-refractivity contribution in [3.8, 4) is 0 Å². The summed E-state index contributed by atoms with van der Waals surface area (Å²) < 4.78 is 0. The van der Waals surface area contributed by atoms with Crippen LogP contribution in [0.15, 0.2) is 0 Å². The van der Waals surface area contributed by atoms with Crippen LogP contribution >= 0.6 is 0 Å². The molecule has 10 heavy (non-hydrogen) atoms. The molecular formula is C10H21. The third-order valence-corrected chi connectivity index (χ3v) is 2.12. The normalized spacial score (nSPS) is 14.1. The molecule has 1 radical (unpaired) electrons. The van der Waals surface area contributed by atoms with Gasteiger partial charge in [-0.3, -0.25) is 0 Å². The van der Waals surface area contributed by atoms with Crippen LogP contribution in [-0.2, 0) is 0 Å². The Kier molecular flexibility index (Phi) is 5.76. The van der Waals surface area contributed by atoms with Crippen molar-refractivity contribution < 1.29 is 0 Å². The predicted molar refractivity (Wildman–Crippen MR) is 47.8 cm³/mol. The fourth-order valence-corrected chi connectivity index (χ4v) is 0.990. The van der Waals surface area contributed by atoms with Gasteiger partial charge in [-0.05, 0) is 18.8 Å². The van der Waals surface area contributed by atoms with Crippen LogP contribution in [0.3, 0.4) is 0 Å². The van der Waals surface area contributed by atoms with Crippen molar-refractivity contribution in [2.24, 2.45) is 11.8 Å². The molecule has 0 N–H and O–H groups in total. The maximum Gasteiger partial charge on any atom is -0.0391 e. The van der Waals surface area contributed by atoms with Gasteiger partial charge in [0.2, 0.25) is 0 Å². The van der Waals surface area contributed by atoms with E-state index in [4.69, 9.17) is 0 Å². The Morgan fingerprint density at radius 3 is 2.20 bits per heavy atom. The molecule has 0 rings (SSSR count). The maximum absolute atomic E-state index is 4.11. The van der Waals surface area contributed by atoms with Crippen molar-refractivity contribution in [3.05, 3.63) is 6.92 Å². The number of rotatable bonds is 5. The molecule has 1 unspecified atom stereocenters. The van der Waals surface area contributed by atoms with E-state index in [0.29, 0.717) is 5.92 Å². The van der Waals surface area contributed by atoms with Gasteiger partial charge in [0.1, 0.15) is 0 Å². The molecule has 0 heteroatoms. The first-order chi connectivity index (χ1) is 4.68. The standard InChI is InChI=1S/C10H21/c1-5-6-7-8-10(4)9(2)3/h9-10H,4-8H2,1-3H3. The maximum atomic E-state index is 4.11. The molecule has 0 spiro atoms. The third kappa shape index (κ3) is 4.84. The van der Waals surface area contributed by atoms with Crippen LogP contribution in [0.25, 0.3) is 0 Å². The largest absolute Gasteiger partial charge is 0.0654 e. The second-order valence-corrected chi connectivity index (χ2v) is 3.50. The molecule has 0 aromatic heterocycles. The highest BCUT2D eigenvalue weighted by Crippen LogP contribution is 2.16. The summed E-state index contributed by atoms with van der Waals surface area (Å²) in [6.07, 6.45) is 5.37. The highest BCUT2D eigenvalue weighted by Gasteiger charge is 2.05. The molecule has 0 heterocycles. The van der Waals surface area contributed by atoms with Gasteiger partial charge in [0, 0.05) is 0 Å². The summed E-state index contributed by atoms with van der Waals surface area (Å²) in [5.74, 6) is 1.43. The van der Waals surface area contributed by atoms with Crippen LogP contribution < -0.4 is 0 Å². The number of hydrogen-bond donors (Lipinski definition) is 0. The van der Waals surface area contributed by atoms with E-state index in [9.17, 15) is 0 Å². The average Bonchev–Trinajstić information content (AvgIpc) is 1.88. The summed E-state index contributed by atoms with van der Waals surface area (Å²) in [6.45, 7) is 10.9. The minimum atomic E-state index is 0.673. The molecule has 0 aliphatic rings. The molecule has 1 atom stereocenters. The van der Waals surface area contributed by atoms with Crippen molar-refractivity contribution in [2.75, 3.05) is 0 Å². The first-order valence-corrected chi connectivity index (χ1v) is 4.51. The minimum Gasteiger partial charge on any atom is -0.0654 e. The van der Waals surface area contributed by atoms with E-state index in [1.807, 2.05) is 0 Å². The van der Waals surface area contributed by atoms with Crippen LogP contribution in [-0.4, -0.2) is 0 Å². The second-order valence-electron chi connectivity index (χ2n) is 3.50. The van der Waals surface area contributed by atoms with E-state index in [0.717, 1.165) is 5.92 Å². The van der Waals surface area contributed by atoms with E-state index >= 15 is 0 Å². The summed E-state index contributed by atoms with van der Waals surface area (Å²) in [4.78, 5) is 0. The van der Waals surface area contributed by atoms with Gasteiger partial charge in [-0.25, -0.2) is 0 Å². The van der Waals surface area contributed by atoms with Crippen LogP contribution in [0.5, 0.6) is 0 Å². The fraction of sp³-hybridized carbons (Fsp3) is 0.900. The summed E-state index contributed by atoms with van der Waals surface area (Å²) in [5, 5.41) is 0. The van der Waals surface area contributed by atoms with E-state index in [-0.39, 0.29) is 0 Å². The molecule has 0 aromatic carbocycles. The van der Waals surface area contributed by atoms with Crippen LogP contribution in [0, 0.1) is 18.8 Å². The monoisotopic (exact) mass is 141 g/mol. The Morgan fingerprint density at radius 2 is 1.80 bits per heavy atom. The second kappa shape index (κ2) is 5.76. The molecule has 0 saturated carbocycles. The van der Waals surface area contributed by atoms with Crippen LogP contribution in [0.2, 0.25) is 0 Å². The zero-order valence-electron chi connectivity index (χ0n) is 7.69. The van der Waals surface area contributed by atoms with Gasteiger partial charge < -0.3 is 0 Å². The van der Waals surface area contributed by atoms with Gasteiger partial charge in [-0.1, -0.05) is 46.5 Å². The first kappa shape index (κ1) is 10.0.